The smallest absolute Gasteiger partial charge is 0.416 e. The van der Waals surface area contributed by atoms with Gasteiger partial charge in [0.2, 0.25) is 0 Å². The highest BCUT2D eigenvalue weighted by molar-refractivity contribution is 5.75. The van der Waals surface area contributed by atoms with E-state index >= 15 is 0 Å². The normalized spacial score (nSPS) is 11.2. The third-order valence-corrected chi connectivity index (χ3v) is 2.27. The van der Waals surface area contributed by atoms with E-state index in [1.54, 1.807) is 0 Å². The van der Waals surface area contributed by atoms with E-state index in [4.69, 9.17) is 5.11 Å². The van der Waals surface area contributed by atoms with Crippen molar-refractivity contribution in [2.75, 3.05) is 11.9 Å². The molecule has 6 nitrogen and oxygen atoms in total. The molecule has 1 aromatic carbocycles. The maximum Gasteiger partial charge on any atom is 0.416 e. The molecule has 1 rings (SSSR count). The molecule has 2 N–H and O–H groups in total. The number of hydrogen-bond donors (Lipinski definition) is 2. The molecule has 9 heteroatoms. The first kappa shape index (κ1) is 14.7. The van der Waals surface area contributed by atoms with E-state index in [0.29, 0.717) is 6.07 Å². The van der Waals surface area contributed by atoms with Crippen LogP contribution in [-0.4, -0.2) is 22.5 Å². The molecule has 0 amide bonds. The highest BCUT2D eigenvalue weighted by atomic mass is 19.4. The van der Waals surface area contributed by atoms with E-state index in [-0.39, 0.29) is 11.3 Å². The molecule has 0 atom stereocenters. The molecule has 0 saturated heterocycles. The Kier molecular flexibility index (Phi) is 3.98. The number of nitrogens with one attached hydrogen (secondary N) is 1. The lowest BCUT2D eigenvalue weighted by Crippen LogP contribution is -2.15. The third kappa shape index (κ3) is 3.57. The fourth-order valence-corrected chi connectivity index (χ4v) is 1.47. The van der Waals surface area contributed by atoms with Gasteiger partial charge in [0, 0.05) is 6.07 Å². The second-order valence-electron chi connectivity index (χ2n) is 3.69. The van der Waals surface area contributed by atoms with Gasteiger partial charge in [-0.05, 0) is 18.6 Å². The summed E-state index contributed by atoms with van der Waals surface area (Å²) >= 11 is 0. The lowest BCUT2D eigenvalue weighted by molar-refractivity contribution is -0.384. The van der Waals surface area contributed by atoms with Gasteiger partial charge in [-0.3, -0.25) is 14.9 Å². The van der Waals surface area contributed by atoms with Crippen LogP contribution in [0.2, 0.25) is 0 Å². The van der Waals surface area contributed by atoms with Crippen LogP contribution in [0.4, 0.5) is 24.5 Å². The molecule has 0 aliphatic carbocycles. The topological polar surface area (TPSA) is 92.5 Å². The van der Waals surface area contributed by atoms with E-state index in [1.807, 2.05) is 0 Å². The number of nitro groups is 1. The van der Waals surface area contributed by atoms with Crippen LogP contribution in [-0.2, 0) is 11.0 Å². The van der Waals surface area contributed by atoms with Crippen molar-refractivity contribution >= 4 is 17.3 Å². The van der Waals surface area contributed by atoms with Crippen LogP contribution in [0.25, 0.3) is 0 Å². The van der Waals surface area contributed by atoms with Gasteiger partial charge >= 0.3 is 12.1 Å². The summed E-state index contributed by atoms with van der Waals surface area (Å²) < 4.78 is 37.8. The van der Waals surface area contributed by atoms with Crippen molar-refractivity contribution in [2.45, 2.75) is 13.1 Å². The van der Waals surface area contributed by atoms with Crippen LogP contribution in [0.15, 0.2) is 12.1 Å². The van der Waals surface area contributed by atoms with E-state index in [1.165, 1.54) is 0 Å². The largest absolute Gasteiger partial charge is 0.480 e. The van der Waals surface area contributed by atoms with Gasteiger partial charge in [0.15, 0.2) is 0 Å². The summed E-state index contributed by atoms with van der Waals surface area (Å²) in [6.45, 7) is 0.504. The van der Waals surface area contributed by atoms with Crippen LogP contribution in [0, 0.1) is 17.0 Å². The van der Waals surface area contributed by atoms with Crippen LogP contribution in [0.1, 0.15) is 11.1 Å². The van der Waals surface area contributed by atoms with Gasteiger partial charge in [-0.2, -0.15) is 13.2 Å². The zero-order chi connectivity index (χ0) is 14.8. The lowest BCUT2D eigenvalue weighted by atomic mass is 10.1. The van der Waals surface area contributed by atoms with Gasteiger partial charge in [0.1, 0.15) is 12.2 Å². The van der Waals surface area contributed by atoms with Crippen molar-refractivity contribution in [3.63, 3.8) is 0 Å². The quantitative estimate of drug-likeness (QED) is 0.651. The van der Waals surface area contributed by atoms with Crippen molar-refractivity contribution < 1.29 is 28.0 Å². The summed E-state index contributed by atoms with van der Waals surface area (Å²) in [6, 6.07) is 1.30. The molecular formula is C10H9F3N2O4. The molecule has 0 fully saturated rings. The minimum Gasteiger partial charge on any atom is -0.480 e. The van der Waals surface area contributed by atoms with Gasteiger partial charge in [0.25, 0.3) is 5.69 Å². The number of nitro benzene ring substituents is 1. The summed E-state index contributed by atoms with van der Waals surface area (Å²) in [7, 11) is 0. The molecule has 0 bridgehead atoms. The second kappa shape index (κ2) is 5.12. The second-order valence-corrected chi connectivity index (χ2v) is 3.69. The Morgan fingerprint density at radius 3 is 2.47 bits per heavy atom. The number of benzene rings is 1. The molecule has 0 aromatic heterocycles. The summed E-state index contributed by atoms with van der Waals surface area (Å²) in [5, 5.41) is 21.4. The minimum absolute atomic E-state index is 0.231. The predicted molar refractivity (Wildman–Crippen MR) is 59.0 cm³/mol. The summed E-state index contributed by atoms with van der Waals surface area (Å²) in [5.74, 6) is -1.29. The number of aryl methyl sites for hydroxylation is 1. The highest BCUT2D eigenvalue weighted by Crippen LogP contribution is 2.37. The predicted octanol–water partition coefficient (Wildman–Crippen LogP) is 2.42. The number of hydrogen-bond acceptors (Lipinski definition) is 4. The summed E-state index contributed by atoms with van der Waals surface area (Å²) in [4.78, 5) is 20.1. The maximum atomic E-state index is 12.6. The minimum atomic E-state index is -4.71. The first-order valence-corrected chi connectivity index (χ1v) is 4.95. The van der Waals surface area contributed by atoms with Gasteiger partial charge in [-0.25, -0.2) is 0 Å². The standard InChI is InChI=1S/C10H9F3N2O4/c1-5-2-7(14-4-9(16)17)8(15(18)19)3-6(5)10(11,12)13/h2-3,14H,4H2,1H3,(H,16,17). The molecule has 0 aliphatic rings. The lowest BCUT2D eigenvalue weighted by Gasteiger charge is -2.12. The van der Waals surface area contributed by atoms with Crippen LogP contribution in [0.3, 0.4) is 0 Å². The fraction of sp³-hybridized carbons (Fsp3) is 0.300. The van der Waals surface area contributed by atoms with Crippen molar-refractivity contribution in [2.24, 2.45) is 0 Å². The Labute approximate surface area is 105 Å². The first-order chi connectivity index (χ1) is 8.62. The molecule has 0 heterocycles. The summed E-state index contributed by atoms with van der Waals surface area (Å²) in [5.41, 5.74) is -2.44. The number of halogens is 3. The van der Waals surface area contributed by atoms with Crippen molar-refractivity contribution in [1.29, 1.82) is 0 Å². The van der Waals surface area contributed by atoms with E-state index in [9.17, 15) is 28.1 Å². The van der Waals surface area contributed by atoms with E-state index < -0.39 is 34.9 Å². The monoisotopic (exact) mass is 278 g/mol. The van der Waals surface area contributed by atoms with Crippen LogP contribution >= 0.6 is 0 Å². The number of nitrogens with zero attached hydrogens (tertiary/aromatic N) is 1. The molecule has 0 unspecified atom stereocenters. The van der Waals surface area contributed by atoms with Crippen LogP contribution < -0.4 is 5.32 Å². The molecule has 0 saturated carbocycles. The number of carbonyl (C=O) groups is 1. The van der Waals surface area contributed by atoms with Gasteiger partial charge < -0.3 is 10.4 Å². The van der Waals surface area contributed by atoms with Gasteiger partial charge in [-0.1, -0.05) is 0 Å². The molecule has 0 radical (unpaired) electrons. The number of carboxylic acid groups (broad SMARTS) is 1. The van der Waals surface area contributed by atoms with Gasteiger partial charge in [0.05, 0.1) is 10.5 Å². The molecular weight excluding hydrogens is 269 g/mol. The Morgan fingerprint density at radius 2 is 2.05 bits per heavy atom. The maximum absolute atomic E-state index is 12.6. The average Bonchev–Trinajstić information content (AvgIpc) is 2.23. The first-order valence-electron chi connectivity index (χ1n) is 4.95. The SMILES string of the molecule is Cc1cc(NCC(=O)O)c([N+](=O)[O-])cc1C(F)(F)F. The Hall–Kier alpha value is -2.32. The zero-order valence-corrected chi connectivity index (χ0v) is 9.61. The Balaban J connectivity index is 3.29. The number of carboxylic acids is 1. The fourth-order valence-electron chi connectivity index (χ4n) is 1.47. The van der Waals surface area contributed by atoms with E-state index in [0.717, 1.165) is 13.0 Å². The number of rotatable bonds is 4. The van der Waals surface area contributed by atoms with Crippen molar-refractivity contribution in [1.82, 2.24) is 0 Å². The zero-order valence-electron chi connectivity index (χ0n) is 9.61. The van der Waals surface area contributed by atoms with E-state index in [2.05, 4.69) is 5.32 Å². The van der Waals surface area contributed by atoms with Crippen molar-refractivity contribution in [3.8, 4) is 0 Å². The third-order valence-electron chi connectivity index (χ3n) is 2.27. The number of aliphatic carboxylic acids is 1. The average molecular weight is 278 g/mol. The van der Waals surface area contributed by atoms with Gasteiger partial charge in [-0.15, -0.1) is 0 Å². The number of anilines is 1. The molecule has 19 heavy (non-hydrogen) atoms. The molecule has 104 valence electrons. The Bertz CT molecular complexity index is 528. The number of alkyl halides is 3. The molecule has 1 aromatic rings. The molecule has 0 spiro atoms. The molecule has 0 aliphatic heterocycles. The van der Waals surface area contributed by atoms with Crippen molar-refractivity contribution in [3.05, 3.63) is 33.4 Å². The summed E-state index contributed by atoms with van der Waals surface area (Å²) in [6.07, 6.45) is -4.71. The Morgan fingerprint density at radius 1 is 1.47 bits per heavy atom. The highest BCUT2D eigenvalue weighted by Gasteiger charge is 2.35. The van der Waals surface area contributed by atoms with Crippen LogP contribution in [0.5, 0.6) is 0 Å².